The SMILES string of the molecule is CCc1ccc(NC2=Nc3ccccc3N3C2=Nc2c(c(C)nn2-c2ccccc2)[C@H]3c2ccccc2OC)cc1. The molecule has 2 aliphatic heterocycles. The van der Waals surface area contributed by atoms with E-state index in [1.165, 1.54) is 5.56 Å². The quantitative estimate of drug-likeness (QED) is 0.251. The molecule has 5 aromatic rings. The third kappa shape index (κ3) is 4.17. The molecule has 0 amide bonds. The highest BCUT2D eigenvalue weighted by Gasteiger charge is 2.42. The van der Waals surface area contributed by atoms with Crippen LogP contribution < -0.4 is 15.0 Å². The van der Waals surface area contributed by atoms with Crippen molar-refractivity contribution in [3.63, 3.8) is 0 Å². The molecular weight excluding hydrogens is 508 g/mol. The van der Waals surface area contributed by atoms with Gasteiger partial charge in [-0.2, -0.15) is 5.10 Å². The predicted octanol–water partition coefficient (Wildman–Crippen LogP) is 7.55. The minimum Gasteiger partial charge on any atom is -0.496 e. The number of amidine groups is 2. The minimum absolute atomic E-state index is 0.248. The molecule has 7 rings (SSSR count). The van der Waals surface area contributed by atoms with Crippen molar-refractivity contribution < 1.29 is 4.74 Å². The Morgan fingerprint density at radius 3 is 2.34 bits per heavy atom. The predicted molar refractivity (Wildman–Crippen MR) is 166 cm³/mol. The first-order chi connectivity index (χ1) is 20.2. The molecule has 0 saturated carbocycles. The lowest BCUT2D eigenvalue weighted by molar-refractivity contribution is 0.407. The number of anilines is 2. The molecular formula is C34H30N6O. The molecule has 3 heterocycles. The van der Waals surface area contributed by atoms with E-state index in [4.69, 9.17) is 19.8 Å². The average Bonchev–Trinajstić information content (AvgIpc) is 3.36. The zero-order chi connectivity index (χ0) is 27.9. The molecule has 0 bridgehead atoms. The molecule has 0 unspecified atom stereocenters. The van der Waals surface area contributed by atoms with E-state index in [2.05, 4.69) is 78.7 Å². The van der Waals surface area contributed by atoms with Gasteiger partial charge in [0.1, 0.15) is 5.75 Å². The second-order valence-corrected chi connectivity index (χ2v) is 10.1. The van der Waals surface area contributed by atoms with Crippen LogP contribution in [0.3, 0.4) is 0 Å². The van der Waals surface area contributed by atoms with E-state index in [1.54, 1.807) is 7.11 Å². The summed E-state index contributed by atoms with van der Waals surface area (Å²) in [6.07, 6.45) is 0.987. The second kappa shape index (κ2) is 10.1. The zero-order valence-corrected chi connectivity index (χ0v) is 23.2. The number of fused-ring (bicyclic) bond motifs is 4. The number of hydrogen-bond donors (Lipinski definition) is 1. The third-order valence-electron chi connectivity index (χ3n) is 7.70. The first kappa shape index (κ1) is 24.8. The van der Waals surface area contributed by atoms with E-state index in [-0.39, 0.29) is 6.04 Å². The first-order valence-corrected chi connectivity index (χ1v) is 13.9. The number of aryl methyl sites for hydroxylation is 2. The van der Waals surface area contributed by atoms with Crippen molar-refractivity contribution in [2.45, 2.75) is 26.3 Å². The van der Waals surface area contributed by atoms with Gasteiger partial charge in [-0.05, 0) is 61.4 Å². The molecule has 2 aliphatic rings. The Labute approximate surface area is 239 Å². The monoisotopic (exact) mass is 538 g/mol. The first-order valence-electron chi connectivity index (χ1n) is 13.9. The fraction of sp³-hybridized carbons (Fsp3) is 0.147. The van der Waals surface area contributed by atoms with Crippen molar-refractivity contribution in [2.24, 2.45) is 9.98 Å². The molecule has 0 aliphatic carbocycles. The van der Waals surface area contributed by atoms with Crippen LogP contribution in [-0.2, 0) is 6.42 Å². The standard InChI is InChI=1S/C34H30N6O/c1-4-23-18-20-24(21-19-23)35-32-34-37-33-30(22(2)38-40(33)25-12-6-5-7-13-25)31(26-14-8-11-17-29(26)41-3)39(34)28-16-10-9-15-27(28)36-32/h5-21,31H,4H2,1-3H3,(H,35,36)/t31-/m1/s1. The molecule has 202 valence electrons. The molecule has 1 aromatic heterocycles. The van der Waals surface area contributed by atoms with E-state index in [1.807, 2.05) is 53.2 Å². The van der Waals surface area contributed by atoms with Gasteiger partial charge in [0.05, 0.1) is 35.9 Å². The van der Waals surface area contributed by atoms with Crippen LogP contribution >= 0.6 is 0 Å². The highest BCUT2D eigenvalue weighted by atomic mass is 16.5. The zero-order valence-electron chi connectivity index (χ0n) is 23.2. The number of methoxy groups -OCH3 is 1. The Kier molecular flexibility index (Phi) is 6.12. The molecule has 7 heteroatoms. The number of nitrogens with one attached hydrogen (secondary N) is 1. The van der Waals surface area contributed by atoms with Crippen molar-refractivity contribution >= 4 is 34.6 Å². The molecule has 4 aromatic carbocycles. The maximum Gasteiger partial charge on any atom is 0.179 e. The molecule has 41 heavy (non-hydrogen) atoms. The van der Waals surface area contributed by atoms with Gasteiger partial charge in [0.2, 0.25) is 0 Å². The molecule has 1 N–H and O–H groups in total. The van der Waals surface area contributed by atoms with Gasteiger partial charge in [0.25, 0.3) is 0 Å². The number of hydrogen-bond acceptors (Lipinski definition) is 6. The number of nitrogens with zero attached hydrogens (tertiary/aromatic N) is 5. The van der Waals surface area contributed by atoms with Crippen LogP contribution in [0.1, 0.15) is 35.3 Å². The van der Waals surface area contributed by atoms with E-state index in [9.17, 15) is 0 Å². The largest absolute Gasteiger partial charge is 0.496 e. The average molecular weight is 539 g/mol. The molecule has 0 fully saturated rings. The van der Waals surface area contributed by atoms with E-state index < -0.39 is 0 Å². The van der Waals surface area contributed by atoms with Crippen molar-refractivity contribution in [1.29, 1.82) is 0 Å². The highest BCUT2D eigenvalue weighted by molar-refractivity contribution is 6.51. The fourth-order valence-corrected chi connectivity index (χ4v) is 5.69. The van der Waals surface area contributed by atoms with Crippen LogP contribution in [-0.4, -0.2) is 28.6 Å². The summed E-state index contributed by atoms with van der Waals surface area (Å²) in [7, 11) is 1.72. The number of aliphatic imine (C=N–C) groups is 2. The summed E-state index contributed by atoms with van der Waals surface area (Å²) in [6, 6.07) is 34.8. The lowest BCUT2D eigenvalue weighted by atomic mass is 9.92. The van der Waals surface area contributed by atoms with Crippen LogP contribution in [0.15, 0.2) is 113 Å². The van der Waals surface area contributed by atoms with Crippen LogP contribution in [0.5, 0.6) is 5.75 Å². The lowest BCUT2D eigenvalue weighted by Gasteiger charge is -2.41. The van der Waals surface area contributed by atoms with Crippen LogP contribution in [0, 0.1) is 6.92 Å². The number of benzene rings is 4. The van der Waals surface area contributed by atoms with E-state index in [0.29, 0.717) is 5.84 Å². The van der Waals surface area contributed by atoms with Gasteiger partial charge in [-0.15, -0.1) is 0 Å². The summed E-state index contributed by atoms with van der Waals surface area (Å²) >= 11 is 0. The summed E-state index contributed by atoms with van der Waals surface area (Å²) < 4.78 is 7.85. The highest BCUT2D eigenvalue weighted by Crippen LogP contribution is 2.49. The van der Waals surface area contributed by atoms with E-state index in [0.717, 1.165) is 63.4 Å². The van der Waals surface area contributed by atoms with Gasteiger partial charge < -0.3 is 15.0 Å². The minimum atomic E-state index is -0.248. The van der Waals surface area contributed by atoms with Crippen LogP contribution in [0.25, 0.3) is 5.69 Å². The van der Waals surface area contributed by atoms with Gasteiger partial charge >= 0.3 is 0 Å². The number of para-hydroxylation sites is 4. The maximum atomic E-state index is 5.92. The van der Waals surface area contributed by atoms with Crippen LogP contribution in [0.2, 0.25) is 0 Å². The van der Waals surface area contributed by atoms with Crippen molar-refractivity contribution in [1.82, 2.24) is 9.78 Å². The Morgan fingerprint density at radius 2 is 1.56 bits per heavy atom. The van der Waals surface area contributed by atoms with Gasteiger partial charge in [-0.1, -0.05) is 67.6 Å². The smallest absolute Gasteiger partial charge is 0.179 e. The molecule has 0 spiro atoms. The normalized spacial score (nSPS) is 15.3. The molecule has 0 radical (unpaired) electrons. The Bertz CT molecular complexity index is 1800. The van der Waals surface area contributed by atoms with Crippen molar-refractivity contribution in [3.05, 3.63) is 126 Å². The molecule has 0 saturated heterocycles. The van der Waals surface area contributed by atoms with Crippen molar-refractivity contribution in [3.8, 4) is 11.4 Å². The summed E-state index contributed by atoms with van der Waals surface area (Å²) in [6.45, 7) is 4.21. The fourth-order valence-electron chi connectivity index (χ4n) is 5.69. The number of rotatable bonds is 5. The Hall–Kier alpha value is -5.17. The molecule has 7 nitrogen and oxygen atoms in total. The summed E-state index contributed by atoms with van der Waals surface area (Å²) in [5.74, 6) is 2.99. The van der Waals surface area contributed by atoms with Gasteiger partial charge in [0, 0.05) is 16.8 Å². The maximum absolute atomic E-state index is 5.92. The van der Waals surface area contributed by atoms with Crippen LogP contribution in [0.4, 0.5) is 22.9 Å². The topological polar surface area (TPSA) is 67.0 Å². The number of ether oxygens (including phenoxy) is 1. The van der Waals surface area contributed by atoms with Gasteiger partial charge in [-0.25, -0.2) is 14.7 Å². The Morgan fingerprint density at radius 1 is 0.829 bits per heavy atom. The second-order valence-electron chi connectivity index (χ2n) is 10.1. The Balaban J connectivity index is 1.49. The van der Waals surface area contributed by atoms with Gasteiger partial charge in [0.15, 0.2) is 17.5 Å². The summed E-state index contributed by atoms with van der Waals surface area (Å²) in [5.41, 5.74) is 8.01. The summed E-state index contributed by atoms with van der Waals surface area (Å²) in [4.78, 5) is 12.7. The van der Waals surface area contributed by atoms with Gasteiger partial charge in [-0.3, -0.25) is 0 Å². The van der Waals surface area contributed by atoms with Crippen molar-refractivity contribution in [2.75, 3.05) is 17.3 Å². The third-order valence-corrected chi connectivity index (χ3v) is 7.70. The summed E-state index contributed by atoms with van der Waals surface area (Å²) in [5, 5.41) is 8.60. The molecule has 1 atom stereocenters. The van der Waals surface area contributed by atoms with E-state index >= 15 is 0 Å². The lowest BCUT2D eigenvalue weighted by Crippen LogP contribution is -2.46. The number of aromatic nitrogens is 2.